The summed E-state index contributed by atoms with van der Waals surface area (Å²) < 4.78 is 10.5. The second-order valence-corrected chi connectivity index (χ2v) is 6.86. The molecule has 1 fully saturated rings. The van der Waals surface area contributed by atoms with E-state index >= 15 is 0 Å². The zero-order chi connectivity index (χ0) is 18.3. The molecule has 1 aliphatic heterocycles. The number of hydrazone groups is 1. The van der Waals surface area contributed by atoms with E-state index in [1.807, 2.05) is 30.3 Å². The zero-order valence-electron chi connectivity index (χ0n) is 14.9. The van der Waals surface area contributed by atoms with Gasteiger partial charge in [-0.2, -0.15) is 5.10 Å². The van der Waals surface area contributed by atoms with E-state index in [1.54, 1.807) is 25.7 Å². The number of carbonyl (C=O) groups excluding carboxylic acids is 2. The lowest BCUT2D eigenvalue weighted by Gasteiger charge is -2.27. The quantitative estimate of drug-likeness (QED) is 0.851. The Morgan fingerprint density at radius 2 is 1.96 bits per heavy atom. The molecule has 1 heterocycles. The monoisotopic (exact) mass is 347 g/mol. The average molecular weight is 347 g/mol. The second-order valence-electron chi connectivity index (χ2n) is 6.86. The molecule has 2 amide bonds. The number of carbonyl (C=O) groups is 2. The first-order valence-electron chi connectivity index (χ1n) is 8.33. The second kappa shape index (κ2) is 8.50. The van der Waals surface area contributed by atoms with Crippen LogP contribution in [-0.4, -0.2) is 41.5 Å². The molecule has 136 valence electrons. The lowest BCUT2D eigenvalue weighted by molar-refractivity contribution is 0.0528. The maximum absolute atomic E-state index is 12.2. The summed E-state index contributed by atoms with van der Waals surface area (Å²) in [5.74, 6) is 0. The van der Waals surface area contributed by atoms with Crippen molar-refractivity contribution in [2.24, 2.45) is 5.10 Å². The molecular weight excluding hydrogens is 322 g/mol. The van der Waals surface area contributed by atoms with Gasteiger partial charge in [0.15, 0.2) is 0 Å². The van der Waals surface area contributed by atoms with Gasteiger partial charge in [0, 0.05) is 6.54 Å². The molecule has 1 N–H and O–H groups in total. The molecule has 0 aliphatic carbocycles. The van der Waals surface area contributed by atoms with Gasteiger partial charge >= 0.3 is 12.2 Å². The first-order valence-corrected chi connectivity index (χ1v) is 8.33. The molecule has 0 aromatic heterocycles. The maximum Gasteiger partial charge on any atom is 0.428 e. The van der Waals surface area contributed by atoms with Gasteiger partial charge in [0.1, 0.15) is 12.2 Å². The third-order valence-corrected chi connectivity index (χ3v) is 3.43. The van der Waals surface area contributed by atoms with E-state index in [-0.39, 0.29) is 12.7 Å². The lowest BCUT2D eigenvalue weighted by Crippen LogP contribution is -2.41. The molecular formula is C18H25N3O4. The molecule has 1 aliphatic rings. The van der Waals surface area contributed by atoms with Gasteiger partial charge in [0.25, 0.3) is 0 Å². The van der Waals surface area contributed by atoms with Crippen molar-refractivity contribution in [2.45, 2.75) is 45.8 Å². The van der Waals surface area contributed by atoms with Gasteiger partial charge in [0.05, 0.1) is 12.3 Å². The van der Waals surface area contributed by atoms with Gasteiger partial charge in [-0.25, -0.2) is 15.0 Å². The van der Waals surface area contributed by atoms with Crippen molar-refractivity contribution in [1.82, 2.24) is 10.3 Å². The number of hydrogen-bond acceptors (Lipinski definition) is 5. The van der Waals surface area contributed by atoms with Crippen LogP contribution in [0, 0.1) is 0 Å². The van der Waals surface area contributed by atoms with E-state index in [9.17, 15) is 9.59 Å². The van der Waals surface area contributed by atoms with Crippen LogP contribution in [0.1, 0.15) is 39.2 Å². The maximum atomic E-state index is 12.2. The van der Waals surface area contributed by atoms with Crippen molar-refractivity contribution in [1.29, 1.82) is 0 Å². The minimum Gasteiger partial charge on any atom is -0.445 e. The molecule has 0 radical (unpaired) electrons. The largest absolute Gasteiger partial charge is 0.445 e. The number of likely N-dealkylation sites (tertiary alicyclic amines) is 1. The van der Waals surface area contributed by atoms with Crippen molar-refractivity contribution in [3.63, 3.8) is 0 Å². The van der Waals surface area contributed by atoms with Gasteiger partial charge < -0.3 is 14.4 Å². The van der Waals surface area contributed by atoms with E-state index in [0.717, 1.165) is 18.4 Å². The molecule has 0 bridgehead atoms. The number of ether oxygens (including phenoxy) is 2. The fourth-order valence-corrected chi connectivity index (χ4v) is 2.34. The van der Waals surface area contributed by atoms with Crippen LogP contribution in [0.3, 0.4) is 0 Å². The van der Waals surface area contributed by atoms with E-state index in [4.69, 9.17) is 9.47 Å². The molecule has 7 heteroatoms. The van der Waals surface area contributed by atoms with Crippen LogP contribution in [0.2, 0.25) is 0 Å². The van der Waals surface area contributed by atoms with Crippen LogP contribution < -0.4 is 5.43 Å². The Morgan fingerprint density at radius 1 is 1.24 bits per heavy atom. The third-order valence-electron chi connectivity index (χ3n) is 3.43. The smallest absolute Gasteiger partial charge is 0.428 e. The van der Waals surface area contributed by atoms with Crippen molar-refractivity contribution in [3.05, 3.63) is 35.9 Å². The molecule has 1 aromatic rings. The van der Waals surface area contributed by atoms with Crippen molar-refractivity contribution < 1.29 is 19.1 Å². The number of nitrogens with zero attached hydrogens (tertiary/aromatic N) is 2. The highest BCUT2D eigenvalue weighted by Gasteiger charge is 2.22. The van der Waals surface area contributed by atoms with Gasteiger partial charge in [-0.3, -0.25) is 0 Å². The third kappa shape index (κ3) is 6.82. The lowest BCUT2D eigenvalue weighted by atomic mass is 10.1. The van der Waals surface area contributed by atoms with Crippen LogP contribution in [0.25, 0.3) is 0 Å². The van der Waals surface area contributed by atoms with Gasteiger partial charge in [-0.05, 0) is 39.2 Å². The van der Waals surface area contributed by atoms with Crippen LogP contribution >= 0.6 is 0 Å². The summed E-state index contributed by atoms with van der Waals surface area (Å²) in [4.78, 5) is 25.4. The van der Waals surface area contributed by atoms with Crippen molar-refractivity contribution >= 4 is 17.9 Å². The standard InChI is InChI=1S/C18H25N3O4/c1-18(2,3)25-16(22)20-19-15-10-7-11-21(12-15)17(23)24-13-14-8-5-4-6-9-14/h4-6,8-9H,7,10-13H2,1-3H3,(H,20,22)/b19-15-. The minimum absolute atomic E-state index is 0.235. The number of rotatable bonds is 3. The fourth-order valence-electron chi connectivity index (χ4n) is 2.34. The molecule has 0 unspecified atom stereocenters. The Bertz CT molecular complexity index is 623. The minimum atomic E-state index is -0.608. The van der Waals surface area contributed by atoms with Crippen LogP contribution in [-0.2, 0) is 16.1 Å². The SMILES string of the molecule is CC(C)(C)OC(=O)N/N=C1/CCCN(C(=O)OCc2ccccc2)C1. The topological polar surface area (TPSA) is 80.2 Å². The van der Waals surface area contributed by atoms with Gasteiger partial charge in [-0.1, -0.05) is 30.3 Å². The summed E-state index contributed by atoms with van der Waals surface area (Å²) >= 11 is 0. The highest BCUT2D eigenvalue weighted by atomic mass is 16.6. The molecule has 1 saturated heterocycles. The summed E-state index contributed by atoms with van der Waals surface area (Å²) in [5, 5.41) is 4.06. The molecule has 25 heavy (non-hydrogen) atoms. The fraction of sp³-hybridized carbons (Fsp3) is 0.500. The molecule has 2 rings (SSSR count). The first kappa shape index (κ1) is 18.8. The highest BCUT2D eigenvalue weighted by molar-refractivity contribution is 5.90. The number of amides is 2. The summed E-state index contributed by atoms with van der Waals surface area (Å²) in [5.41, 5.74) is 3.45. The van der Waals surface area contributed by atoms with Gasteiger partial charge in [-0.15, -0.1) is 0 Å². The van der Waals surface area contributed by atoms with E-state index in [2.05, 4.69) is 10.5 Å². The molecule has 0 saturated carbocycles. The van der Waals surface area contributed by atoms with Crippen molar-refractivity contribution in [2.75, 3.05) is 13.1 Å². The first-order chi connectivity index (χ1) is 11.8. The molecule has 0 spiro atoms. The van der Waals surface area contributed by atoms with Crippen LogP contribution in [0.5, 0.6) is 0 Å². The number of nitrogens with one attached hydrogen (secondary N) is 1. The summed E-state index contributed by atoms with van der Waals surface area (Å²) in [6.45, 7) is 6.53. The summed E-state index contributed by atoms with van der Waals surface area (Å²) in [6, 6.07) is 9.52. The Hall–Kier alpha value is -2.57. The number of benzene rings is 1. The average Bonchev–Trinajstić information content (AvgIpc) is 2.57. The predicted molar refractivity (Wildman–Crippen MR) is 94.2 cm³/mol. The Morgan fingerprint density at radius 3 is 2.64 bits per heavy atom. The van der Waals surface area contributed by atoms with Gasteiger partial charge in [0.2, 0.25) is 0 Å². The molecule has 1 aromatic carbocycles. The predicted octanol–water partition coefficient (Wildman–Crippen LogP) is 3.30. The summed E-state index contributed by atoms with van der Waals surface area (Å²) in [6.07, 6.45) is 0.505. The summed E-state index contributed by atoms with van der Waals surface area (Å²) in [7, 11) is 0. The Labute approximate surface area is 148 Å². The van der Waals surface area contributed by atoms with Crippen LogP contribution in [0.15, 0.2) is 35.4 Å². The Kier molecular flexibility index (Phi) is 6.38. The zero-order valence-corrected chi connectivity index (χ0v) is 14.9. The number of piperidine rings is 1. The molecule has 7 nitrogen and oxygen atoms in total. The van der Waals surface area contributed by atoms with Crippen molar-refractivity contribution in [3.8, 4) is 0 Å². The highest BCUT2D eigenvalue weighted by Crippen LogP contribution is 2.11. The molecule has 0 atom stereocenters. The van der Waals surface area contributed by atoms with E-state index in [0.29, 0.717) is 18.8 Å². The van der Waals surface area contributed by atoms with Crippen LogP contribution in [0.4, 0.5) is 9.59 Å². The Balaban J connectivity index is 1.82. The number of hydrogen-bond donors (Lipinski definition) is 1. The van der Waals surface area contributed by atoms with E-state index < -0.39 is 11.7 Å². The normalized spacial score (nSPS) is 16.4. The van der Waals surface area contributed by atoms with E-state index in [1.165, 1.54) is 0 Å².